The van der Waals surface area contributed by atoms with Crippen molar-refractivity contribution in [3.8, 4) is 0 Å². The van der Waals surface area contributed by atoms with Crippen LogP contribution in [0.25, 0.3) is 0 Å². The second-order valence-electron chi connectivity index (χ2n) is 6.05. The van der Waals surface area contributed by atoms with Crippen molar-refractivity contribution < 1.29 is 13.5 Å². The lowest BCUT2D eigenvalue weighted by atomic mass is 9.74. The Morgan fingerprint density at radius 3 is 2.52 bits per heavy atom. The molecule has 0 saturated heterocycles. The van der Waals surface area contributed by atoms with E-state index < -0.39 is 10.0 Å². The summed E-state index contributed by atoms with van der Waals surface area (Å²) in [5.74, 6) is 0. The monoisotopic (exact) mass is 312 g/mol. The van der Waals surface area contributed by atoms with Gasteiger partial charge < -0.3 is 10.4 Å². The average Bonchev–Trinajstić information content (AvgIpc) is 2.46. The Labute approximate surface area is 126 Å². The molecule has 118 valence electrons. The van der Waals surface area contributed by atoms with Crippen LogP contribution < -0.4 is 10.5 Å². The summed E-state index contributed by atoms with van der Waals surface area (Å²) in [6.07, 6.45) is 5.51. The van der Waals surface area contributed by atoms with Crippen molar-refractivity contribution >= 4 is 15.7 Å². The Hall–Kier alpha value is -1.11. The first-order valence-corrected chi connectivity index (χ1v) is 8.90. The molecule has 1 aromatic rings. The van der Waals surface area contributed by atoms with Crippen LogP contribution in [0.15, 0.2) is 23.1 Å². The van der Waals surface area contributed by atoms with Crippen molar-refractivity contribution in [3.05, 3.63) is 23.8 Å². The van der Waals surface area contributed by atoms with Gasteiger partial charge in [-0.1, -0.05) is 25.3 Å². The van der Waals surface area contributed by atoms with Gasteiger partial charge >= 0.3 is 0 Å². The highest BCUT2D eigenvalue weighted by molar-refractivity contribution is 7.89. The first kappa shape index (κ1) is 16.3. The first-order chi connectivity index (χ1) is 9.88. The molecule has 1 saturated carbocycles. The summed E-state index contributed by atoms with van der Waals surface area (Å²) >= 11 is 0. The summed E-state index contributed by atoms with van der Waals surface area (Å²) in [6, 6.07) is 5.04. The molecule has 0 heterocycles. The molecule has 0 atom stereocenters. The van der Waals surface area contributed by atoms with Gasteiger partial charge in [0.15, 0.2) is 0 Å². The molecule has 0 spiro atoms. The zero-order chi connectivity index (χ0) is 15.5. The maximum atomic E-state index is 11.5. The Kier molecular flexibility index (Phi) is 4.91. The summed E-state index contributed by atoms with van der Waals surface area (Å²) in [5, 5.41) is 18.2. The van der Waals surface area contributed by atoms with Gasteiger partial charge in [-0.05, 0) is 37.5 Å². The molecule has 0 aliphatic heterocycles. The fourth-order valence-electron chi connectivity index (χ4n) is 3.09. The standard InChI is InChI=1S/C15H24N2O3S/c1-12-13(6-5-7-14(12)21(16,19)20)17-10-15(11-18)8-3-2-4-9-15/h5-7,17-18H,2-4,8-11H2,1H3,(H2,16,19,20). The molecule has 0 radical (unpaired) electrons. The second-order valence-corrected chi connectivity index (χ2v) is 7.58. The number of hydrogen-bond donors (Lipinski definition) is 3. The summed E-state index contributed by atoms with van der Waals surface area (Å²) in [4.78, 5) is 0.147. The quantitative estimate of drug-likeness (QED) is 0.775. The van der Waals surface area contributed by atoms with Crippen LogP contribution in [0, 0.1) is 12.3 Å². The first-order valence-electron chi connectivity index (χ1n) is 7.35. The van der Waals surface area contributed by atoms with E-state index in [4.69, 9.17) is 5.14 Å². The van der Waals surface area contributed by atoms with Gasteiger partial charge in [-0.25, -0.2) is 13.6 Å². The fraction of sp³-hybridized carbons (Fsp3) is 0.600. The largest absolute Gasteiger partial charge is 0.396 e. The van der Waals surface area contributed by atoms with Crippen molar-refractivity contribution in [1.82, 2.24) is 0 Å². The molecule has 0 amide bonds. The van der Waals surface area contributed by atoms with Crippen molar-refractivity contribution in [2.24, 2.45) is 10.6 Å². The smallest absolute Gasteiger partial charge is 0.238 e. The highest BCUT2D eigenvalue weighted by Gasteiger charge is 2.31. The van der Waals surface area contributed by atoms with Crippen LogP contribution >= 0.6 is 0 Å². The SMILES string of the molecule is Cc1c(NCC2(CO)CCCCC2)cccc1S(N)(=O)=O. The Balaban J connectivity index is 2.17. The molecule has 0 aromatic heterocycles. The van der Waals surface area contributed by atoms with E-state index in [9.17, 15) is 13.5 Å². The number of aliphatic hydroxyl groups is 1. The minimum atomic E-state index is -3.71. The minimum absolute atomic E-state index is 0.0950. The van der Waals surface area contributed by atoms with E-state index in [1.54, 1.807) is 13.0 Å². The number of benzene rings is 1. The summed E-state index contributed by atoms with van der Waals surface area (Å²) in [7, 11) is -3.71. The molecule has 4 N–H and O–H groups in total. The molecule has 21 heavy (non-hydrogen) atoms. The van der Waals surface area contributed by atoms with Gasteiger partial charge in [-0.2, -0.15) is 0 Å². The molecule has 5 nitrogen and oxygen atoms in total. The van der Waals surface area contributed by atoms with Gasteiger partial charge in [-0.15, -0.1) is 0 Å². The number of nitrogens with two attached hydrogens (primary N) is 1. The molecular formula is C15H24N2O3S. The Morgan fingerprint density at radius 2 is 1.95 bits per heavy atom. The molecule has 0 bridgehead atoms. The fourth-order valence-corrected chi connectivity index (χ4v) is 3.89. The molecule has 1 aromatic carbocycles. The van der Waals surface area contributed by atoms with Crippen molar-refractivity contribution in [1.29, 1.82) is 0 Å². The van der Waals surface area contributed by atoms with Gasteiger partial charge in [-0.3, -0.25) is 0 Å². The van der Waals surface area contributed by atoms with Crippen LogP contribution in [-0.4, -0.2) is 26.7 Å². The molecular weight excluding hydrogens is 288 g/mol. The van der Waals surface area contributed by atoms with Gasteiger partial charge in [0.25, 0.3) is 0 Å². The second kappa shape index (κ2) is 6.34. The number of hydrogen-bond acceptors (Lipinski definition) is 4. The van der Waals surface area contributed by atoms with Crippen molar-refractivity contribution in [3.63, 3.8) is 0 Å². The third kappa shape index (κ3) is 3.75. The van der Waals surface area contributed by atoms with E-state index >= 15 is 0 Å². The molecule has 2 rings (SSSR count). The maximum absolute atomic E-state index is 11.5. The third-order valence-corrected chi connectivity index (χ3v) is 5.55. The van der Waals surface area contributed by atoms with Crippen molar-refractivity contribution in [2.75, 3.05) is 18.5 Å². The number of anilines is 1. The summed E-state index contributed by atoms with van der Waals surface area (Å²) in [6.45, 7) is 2.56. The normalized spacial score (nSPS) is 18.4. The highest BCUT2D eigenvalue weighted by Crippen LogP contribution is 2.36. The van der Waals surface area contributed by atoms with E-state index in [-0.39, 0.29) is 16.9 Å². The number of rotatable bonds is 5. The van der Waals surface area contributed by atoms with Crippen LogP contribution in [0.5, 0.6) is 0 Å². The van der Waals surface area contributed by atoms with Gasteiger partial charge in [0.1, 0.15) is 0 Å². The van der Waals surface area contributed by atoms with E-state index in [2.05, 4.69) is 5.32 Å². The van der Waals surface area contributed by atoms with Crippen LogP contribution in [0.1, 0.15) is 37.7 Å². The zero-order valence-corrected chi connectivity index (χ0v) is 13.2. The number of aliphatic hydroxyl groups excluding tert-OH is 1. The predicted molar refractivity (Wildman–Crippen MR) is 83.6 cm³/mol. The van der Waals surface area contributed by atoms with E-state index in [1.807, 2.05) is 6.07 Å². The lowest BCUT2D eigenvalue weighted by molar-refractivity contribution is 0.0944. The molecule has 1 aliphatic rings. The Bertz CT molecular complexity index is 593. The summed E-state index contributed by atoms with van der Waals surface area (Å²) in [5.41, 5.74) is 1.30. The molecule has 1 fully saturated rings. The van der Waals surface area contributed by atoms with Crippen LogP contribution in [0.2, 0.25) is 0 Å². The lowest BCUT2D eigenvalue weighted by Crippen LogP contribution is -2.35. The van der Waals surface area contributed by atoms with E-state index in [0.717, 1.165) is 31.4 Å². The summed E-state index contributed by atoms with van der Waals surface area (Å²) < 4.78 is 23.1. The lowest BCUT2D eigenvalue weighted by Gasteiger charge is -2.36. The molecule has 6 heteroatoms. The topological polar surface area (TPSA) is 92.4 Å². The van der Waals surface area contributed by atoms with E-state index in [1.165, 1.54) is 12.5 Å². The molecule has 0 unspecified atom stereocenters. The van der Waals surface area contributed by atoms with Gasteiger partial charge in [0.2, 0.25) is 10.0 Å². The predicted octanol–water partition coefficient (Wildman–Crippen LogP) is 2.00. The Morgan fingerprint density at radius 1 is 1.29 bits per heavy atom. The maximum Gasteiger partial charge on any atom is 0.238 e. The number of primary sulfonamides is 1. The molecule has 1 aliphatic carbocycles. The van der Waals surface area contributed by atoms with Crippen LogP contribution in [0.4, 0.5) is 5.69 Å². The third-order valence-electron chi connectivity index (χ3n) is 4.49. The van der Waals surface area contributed by atoms with Gasteiger partial charge in [0.05, 0.1) is 11.5 Å². The van der Waals surface area contributed by atoms with E-state index in [0.29, 0.717) is 12.1 Å². The number of nitrogens with one attached hydrogen (secondary N) is 1. The minimum Gasteiger partial charge on any atom is -0.396 e. The van der Waals surface area contributed by atoms with Crippen LogP contribution in [0.3, 0.4) is 0 Å². The average molecular weight is 312 g/mol. The van der Waals surface area contributed by atoms with Crippen LogP contribution in [-0.2, 0) is 10.0 Å². The zero-order valence-electron chi connectivity index (χ0n) is 12.4. The van der Waals surface area contributed by atoms with Gasteiger partial charge in [0, 0.05) is 17.6 Å². The van der Waals surface area contributed by atoms with Crippen molar-refractivity contribution in [2.45, 2.75) is 43.9 Å². The number of sulfonamides is 1. The highest BCUT2D eigenvalue weighted by atomic mass is 32.2.